The molecule has 0 radical (unpaired) electrons. The van der Waals surface area contributed by atoms with Gasteiger partial charge in [0.1, 0.15) is 0 Å². The maximum absolute atomic E-state index is 11.5. The summed E-state index contributed by atoms with van der Waals surface area (Å²) < 4.78 is 7.29. The molecule has 15 heavy (non-hydrogen) atoms. The number of esters is 1. The Morgan fingerprint density at radius 3 is 2.60 bits per heavy atom. The van der Waals surface area contributed by atoms with Crippen LogP contribution in [-0.4, -0.2) is 22.4 Å². The molecule has 0 aliphatic rings. The molecule has 0 fully saturated rings. The normalized spacial score (nSPS) is 11.5. The zero-order valence-electron chi connectivity index (χ0n) is 9.37. The Morgan fingerprint density at radius 2 is 2.20 bits per heavy atom. The number of aromatic nitrogens is 2. The number of ether oxygens (including phenoxy) is 1. The Hall–Kier alpha value is -0.840. The quantitative estimate of drug-likeness (QED) is 0.779. The van der Waals surface area contributed by atoms with Crippen LogP contribution < -0.4 is 0 Å². The topological polar surface area (TPSA) is 44.1 Å². The fourth-order valence-corrected chi connectivity index (χ4v) is 1.47. The Bertz CT molecular complexity index is 366. The van der Waals surface area contributed by atoms with E-state index in [1.807, 2.05) is 20.8 Å². The minimum Gasteiger partial charge on any atom is -0.461 e. The van der Waals surface area contributed by atoms with E-state index >= 15 is 0 Å². The average molecular weight is 275 g/mol. The Morgan fingerprint density at radius 1 is 1.60 bits per heavy atom. The zero-order valence-corrected chi connectivity index (χ0v) is 11.0. The first-order chi connectivity index (χ1) is 6.86. The van der Waals surface area contributed by atoms with E-state index in [0.717, 1.165) is 0 Å². The molecule has 1 rings (SSSR count). The van der Waals surface area contributed by atoms with E-state index < -0.39 is 5.97 Å². The van der Waals surface area contributed by atoms with Gasteiger partial charge < -0.3 is 4.74 Å². The first-order valence-corrected chi connectivity index (χ1v) is 5.58. The van der Waals surface area contributed by atoms with Gasteiger partial charge in [0, 0.05) is 6.20 Å². The van der Waals surface area contributed by atoms with E-state index in [2.05, 4.69) is 21.0 Å². The first-order valence-electron chi connectivity index (χ1n) is 4.79. The molecule has 0 saturated carbocycles. The molecule has 0 aliphatic carbocycles. The molecule has 0 saturated heterocycles. The standard InChI is InChI=1S/C10H15BrN2O2/c1-5-15-9(14)8-7(11)6-13(12-8)10(2,3)4/h6H,5H2,1-4H3. The maximum atomic E-state index is 11.5. The predicted molar refractivity (Wildman–Crippen MR) is 60.9 cm³/mol. The summed E-state index contributed by atoms with van der Waals surface area (Å²) in [6, 6.07) is 0. The summed E-state index contributed by atoms with van der Waals surface area (Å²) in [6.07, 6.45) is 1.78. The summed E-state index contributed by atoms with van der Waals surface area (Å²) in [5, 5.41) is 4.19. The first kappa shape index (κ1) is 12.2. The molecule has 0 N–H and O–H groups in total. The van der Waals surface area contributed by atoms with Gasteiger partial charge in [-0.25, -0.2) is 4.79 Å². The van der Waals surface area contributed by atoms with E-state index in [1.54, 1.807) is 17.8 Å². The van der Waals surface area contributed by atoms with Crippen LogP contribution in [0.4, 0.5) is 0 Å². The van der Waals surface area contributed by atoms with Crippen molar-refractivity contribution in [2.24, 2.45) is 0 Å². The molecule has 0 amide bonds. The van der Waals surface area contributed by atoms with Crippen molar-refractivity contribution < 1.29 is 9.53 Å². The molecular formula is C10H15BrN2O2. The predicted octanol–water partition coefficient (Wildman–Crippen LogP) is 2.58. The van der Waals surface area contributed by atoms with Crippen molar-refractivity contribution in [3.05, 3.63) is 16.4 Å². The molecule has 0 unspecified atom stereocenters. The monoisotopic (exact) mass is 274 g/mol. The van der Waals surface area contributed by atoms with E-state index in [1.165, 1.54) is 0 Å². The third-order valence-corrected chi connectivity index (χ3v) is 2.41. The van der Waals surface area contributed by atoms with E-state index in [-0.39, 0.29) is 5.54 Å². The lowest BCUT2D eigenvalue weighted by atomic mass is 10.1. The van der Waals surface area contributed by atoms with Crippen molar-refractivity contribution in [2.45, 2.75) is 33.2 Å². The highest BCUT2D eigenvalue weighted by molar-refractivity contribution is 9.10. The molecule has 0 aliphatic heterocycles. The number of carbonyl (C=O) groups excluding carboxylic acids is 1. The highest BCUT2D eigenvalue weighted by Crippen LogP contribution is 2.21. The summed E-state index contributed by atoms with van der Waals surface area (Å²) in [7, 11) is 0. The van der Waals surface area contributed by atoms with Gasteiger partial charge in [-0.1, -0.05) is 0 Å². The van der Waals surface area contributed by atoms with Crippen LogP contribution in [0.15, 0.2) is 10.7 Å². The highest BCUT2D eigenvalue weighted by Gasteiger charge is 2.21. The number of rotatable bonds is 2. The molecule has 1 aromatic rings. The molecule has 4 nitrogen and oxygen atoms in total. The number of nitrogens with zero attached hydrogens (tertiary/aromatic N) is 2. The Labute approximate surface area is 97.7 Å². The molecule has 5 heteroatoms. The van der Waals surface area contributed by atoms with Crippen molar-refractivity contribution in [2.75, 3.05) is 6.61 Å². The van der Waals surface area contributed by atoms with Crippen molar-refractivity contribution in [3.8, 4) is 0 Å². The summed E-state index contributed by atoms with van der Waals surface area (Å²) in [4.78, 5) is 11.5. The van der Waals surface area contributed by atoms with Gasteiger partial charge in [0.15, 0.2) is 5.69 Å². The van der Waals surface area contributed by atoms with Gasteiger partial charge in [-0.2, -0.15) is 5.10 Å². The van der Waals surface area contributed by atoms with Gasteiger partial charge in [0.2, 0.25) is 0 Å². The second kappa shape index (κ2) is 4.35. The smallest absolute Gasteiger partial charge is 0.360 e. The molecule has 1 aromatic heterocycles. The SMILES string of the molecule is CCOC(=O)c1nn(C(C)(C)C)cc1Br. The summed E-state index contributed by atoms with van der Waals surface area (Å²) in [5.74, 6) is -0.396. The van der Waals surface area contributed by atoms with E-state index in [4.69, 9.17) is 4.74 Å². The van der Waals surface area contributed by atoms with Gasteiger partial charge in [-0.15, -0.1) is 0 Å². The van der Waals surface area contributed by atoms with Gasteiger partial charge in [0.05, 0.1) is 16.6 Å². The van der Waals surface area contributed by atoms with Crippen molar-refractivity contribution in [1.29, 1.82) is 0 Å². The largest absolute Gasteiger partial charge is 0.461 e. The third kappa shape index (κ3) is 2.81. The van der Waals surface area contributed by atoms with Gasteiger partial charge >= 0.3 is 5.97 Å². The number of hydrogen-bond acceptors (Lipinski definition) is 3. The van der Waals surface area contributed by atoms with E-state index in [0.29, 0.717) is 16.8 Å². The molecule has 0 atom stereocenters. The van der Waals surface area contributed by atoms with E-state index in [9.17, 15) is 4.79 Å². The third-order valence-electron chi connectivity index (χ3n) is 1.83. The molecular weight excluding hydrogens is 260 g/mol. The molecule has 0 aromatic carbocycles. The lowest BCUT2D eigenvalue weighted by molar-refractivity contribution is 0.0516. The van der Waals surface area contributed by atoms with Crippen LogP contribution >= 0.6 is 15.9 Å². The summed E-state index contributed by atoms with van der Waals surface area (Å²) >= 11 is 3.30. The summed E-state index contributed by atoms with van der Waals surface area (Å²) in [5.41, 5.74) is 0.180. The second-order valence-corrected chi connectivity index (χ2v) is 5.02. The molecule has 1 heterocycles. The van der Waals surface area contributed by atoms with Gasteiger partial charge in [0.25, 0.3) is 0 Å². The summed E-state index contributed by atoms with van der Waals surface area (Å²) in [6.45, 7) is 8.17. The second-order valence-electron chi connectivity index (χ2n) is 4.16. The van der Waals surface area contributed by atoms with Crippen LogP contribution in [0.2, 0.25) is 0 Å². The highest BCUT2D eigenvalue weighted by atomic mass is 79.9. The van der Waals surface area contributed by atoms with Crippen LogP contribution in [0, 0.1) is 0 Å². The number of halogens is 1. The van der Waals surface area contributed by atoms with Crippen molar-refractivity contribution in [3.63, 3.8) is 0 Å². The molecule has 0 spiro atoms. The number of carbonyl (C=O) groups is 1. The van der Waals surface area contributed by atoms with Crippen LogP contribution in [-0.2, 0) is 10.3 Å². The van der Waals surface area contributed by atoms with Crippen LogP contribution in [0.5, 0.6) is 0 Å². The van der Waals surface area contributed by atoms with Crippen LogP contribution in [0.1, 0.15) is 38.2 Å². The lowest BCUT2D eigenvalue weighted by Gasteiger charge is -2.18. The van der Waals surface area contributed by atoms with Crippen LogP contribution in [0.25, 0.3) is 0 Å². The minimum atomic E-state index is -0.396. The Balaban J connectivity index is 3.02. The average Bonchev–Trinajstić information content (AvgIpc) is 2.47. The Kier molecular flexibility index (Phi) is 3.54. The lowest BCUT2D eigenvalue weighted by Crippen LogP contribution is -2.22. The van der Waals surface area contributed by atoms with Gasteiger partial charge in [-0.05, 0) is 43.6 Å². The fraction of sp³-hybridized carbons (Fsp3) is 0.600. The number of hydrogen-bond donors (Lipinski definition) is 0. The molecule has 84 valence electrons. The molecule has 0 bridgehead atoms. The minimum absolute atomic E-state index is 0.146. The maximum Gasteiger partial charge on any atom is 0.360 e. The zero-order chi connectivity index (χ0) is 11.6. The van der Waals surface area contributed by atoms with Crippen molar-refractivity contribution >= 4 is 21.9 Å². The fourth-order valence-electron chi connectivity index (χ4n) is 1.03. The van der Waals surface area contributed by atoms with Crippen molar-refractivity contribution in [1.82, 2.24) is 9.78 Å². The van der Waals surface area contributed by atoms with Gasteiger partial charge in [-0.3, -0.25) is 4.68 Å². The van der Waals surface area contributed by atoms with Crippen LogP contribution in [0.3, 0.4) is 0 Å².